The average Bonchev–Trinajstić information content (AvgIpc) is 3.18. The van der Waals surface area contributed by atoms with Gasteiger partial charge in [0.1, 0.15) is 5.75 Å². The summed E-state index contributed by atoms with van der Waals surface area (Å²) in [5.74, 6) is 0.568. The van der Waals surface area contributed by atoms with E-state index in [1.807, 2.05) is 43.6 Å². The molecule has 152 valence electrons. The van der Waals surface area contributed by atoms with E-state index in [2.05, 4.69) is 19.9 Å². The van der Waals surface area contributed by atoms with Crippen molar-refractivity contribution in [1.29, 1.82) is 0 Å². The van der Waals surface area contributed by atoms with Gasteiger partial charge in [-0.05, 0) is 48.9 Å². The molecule has 0 spiro atoms. The van der Waals surface area contributed by atoms with Crippen molar-refractivity contribution in [3.05, 3.63) is 77.7 Å². The number of carbonyl (C=O) groups excluding carboxylic acids is 1. The molecule has 0 saturated carbocycles. The number of benzene rings is 2. The van der Waals surface area contributed by atoms with E-state index in [9.17, 15) is 4.79 Å². The van der Waals surface area contributed by atoms with Crippen LogP contribution in [0.15, 0.2) is 61.1 Å². The molecule has 1 N–H and O–H groups in total. The lowest BCUT2D eigenvalue weighted by Gasteiger charge is -2.12. The van der Waals surface area contributed by atoms with Crippen LogP contribution in [0.1, 0.15) is 21.5 Å². The molecule has 30 heavy (non-hydrogen) atoms. The van der Waals surface area contributed by atoms with E-state index in [0.717, 1.165) is 22.2 Å². The summed E-state index contributed by atoms with van der Waals surface area (Å²) < 4.78 is 12.9. The Labute approximate surface area is 174 Å². The highest BCUT2D eigenvalue weighted by Crippen LogP contribution is 2.28. The maximum absolute atomic E-state index is 12.0. The Morgan fingerprint density at radius 3 is 2.73 bits per heavy atom. The second-order valence-corrected chi connectivity index (χ2v) is 6.88. The predicted molar refractivity (Wildman–Crippen MR) is 115 cm³/mol. The van der Waals surface area contributed by atoms with Crippen LogP contribution >= 0.6 is 0 Å². The Morgan fingerprint density at radius 2 is 1.97 bits per heavy atom. The van der Waals surface area contributed by atoms with Gasteiger partial charge >= 0.3 is 5.97 Å². The molecule has 0 aliphatic carbocycles. The van der Waals surface area contributed by atoms with Gasteiger partial charge in [-0.15, -0.1) is 0 Å². The fourth-order valence-corrected chi connectivity index (χ4v) is 3.34. The van der Waals surface area contributed by atoms with Gasteiger partial charge < -0.3 is 19.4 Å². The first-order valence-electron chi connectivity index (χ1n) is 9.52. The van der Waals surface area contributed by atoms with Crippen molar-refractivity contribution in [2.24, 2.45) is 0 Å². The van der Waals surface area contributed by atoms with Crippen molar-refractivity contribution < 1.29 is 14.3 Å². The number of nitrogens with zero attached hydrogens (tertiary/aromatic N) is 3. The number of esters is 1. The molecule has 7 heteroatoms. The normalized spacial score (nSPS) is 10.8. The number of aryl methyl sites for hydroxylation is 1. The molecule has 0 amide bonds. The number of hydrogen-bond donors (Lipinski definition) is 1. The number of nitrogens with one attached hydrogen (secondary N) is 1. The van der Waals surface area contributed by atoms with Gasteiger partial charge in [0.15, 0.2) is 0 Å². The first-order valence-corrected chi connectivity index (χ1v) is 9.52. The number of ether oxygens (including phenoxy) is 2. The summed E-state index contributed by atoms with van der Waals surface area (Å²) in [6, 6.07) is 15.3. The van der Waals surface area contributed by atoms with Gasteiger partial charge in [-0.25, -0.2) is 14.8 Å². The number of imidazole rings is 1. The summed E-state index contributed by atoms with van der Waals surface area (Å²) >= 11 is 0. The van der Waals surface area contributed by atoms with Crippen LogP contribution in [0.25, 0.3) is 11.0 Å². The summed E-state index contributed by atoms with van der Waals surface area (Å²) in [5, 5.41) is 2.97. The molecule has 0 bridgehead atoms. The zero-order chi connectivity index (χ0) is 21.1. The molecule has 0 aliphatic rings. The summed E-state index contributed by atoms with van der Waals surface area (Å²) in [4.78, 5) is 20.9. The number of fused-ring (bicyclic) bond motifs is 1. The van der Waals surface area contributed by atoms with Crippen LogP contribution in [-0.4, -0.2) is 34.7 Å². The second-order valence-electron chi connectivity index (χ2n) is 6.88. The Hall–Kier alpha value is -3.87. The Balaban J connectivity index is 1.56. The highest BCUT2D eigenvalue weighted by atomic mass is 16.5. The van der Waals surface area contributed by atoms with E-state index >= 15 is 0 Å². The Morgan fingerprint density at radius 1 is 1.13 bits per heavy atom. The summed E-state index contributed by atoms with van der Waals surface area (Å²) in [7, 11) is 3.10. The van der Waals surface area contributed by atoms with Crippen LogP contribution in [0.2, 0.25) is 0 Å². The van der Waals surface area contributed by atoms with E-state index in [4.69, 9.17) is 9.47 Å². The maximum atomic E-state index is 12.0. The van der Waals surface area contributed by atoms with Crippen LogP contribution in [0.5, 0.6) is 11.6 Å². The zero-order valence-electron chi connectivity index (χ0n) is 17.0. The number of pyridine rings is 1. The molecule has 0 atom stereocenters. The van der Waals surface area contributed by atoms with E-state index in [0.29, 0.717) is 29.4 Å². The van der Waals surface area contributed by atoms with Gasteiger partial charge in [0.05, 0.1) is 36.6 Å². The van der Waals surface area contributed by atoms with Gasteiger partial charge in [0.25, 0.3) is 0 Å². The van der Waals surface area contributed by atoms with Crippen LogP contribution in [0, 0.1) is 6.92 Å². The van der Waals surface area contributed by atoms with Crippen molar-refractivity contribution in [3.63, 3.8) is 0 Å². The molecule has 0 aliphatic heterocycles. The summed E-state index contributed by atoms with van der Waals surface area (Å²) in [5.41, 5.74) is 5.06. The number of aromatic nitrogens is 3. The van der Waals surface area contributed by atoms with Gasteiger partial charge in [-0.3, -0.25) is 0 Å². The third kappa shape index (κ3) is 3.82. The number of anilines is 1. The molecule has 2 heterocycles. The number of hydrogen-bond acceptors (Lipinski definition) is 6. The summed E-state index contributed by atoms with van der Waals surface area (Å²) in [6.07, 6.45) is 3.63. The minimum absolute atomic E-state index is 0.402. The van der Waals surface area contributed by atoms with Gasteiger partial charge in [-0.1, -0.05) is 12.1 Å². The lowest BCUT2D eigenvalue weighted by molar-refractivity contribution is 0.0601. The van der Waals surface area contributed by atoms with E-state index in [1.165, 1.54) is 7.11 Å². The van der Waals surface area contributed by atoms with Crippen molar-refractivity contribution in [2.75, 3.05) is 19.5 Å². The smallest absolute Gasteiger partial charge is 0.340 e. The number of methoxy groups -OCH3 is 1. The van der Waals surface area contributed by atoms with Crippen LogP contribution < -0.4 is 10.1 Å². The van der Waals surface area contributed by atoms with E-state index < -0.39 is 5.97 Å². The predicted octanol–water partition coefficient (Wildman–Crippen LogP) is 4.41. The van der Waals surface area contributed by atoms with Crippen LogP contribution in [-0.2, 0) is 11.3 Å². The van der Waals surface area contributed by atoms with Crippen LogP contribution in [0.4, 0.5) is 5.69 Å². The molecule has 2 aromatic heterocycles. The Kier molecular flexibility index (Phi) is 5.34. The highest BCUT2D eigenvalue weighted by molar-refractivity contribution is 5.96. The molecule has 0 fully saturated rings. The first-order chi connectivity index (χ1) is 14.6. The minimum Gasteiger partial charge on any atom is -0.465 e. The van der Waals surface area contributed by atoms with Crippen LogP contribution in [0.3, 0.4) is 0 Å². The standard InChI is InChI=1S/C23H22N4O3/c1-15-10-16(13-27-14-26-20-6-4-5-7-21(20)27)12-25-22(15)30-17-8-9-19(24-2)18(11-17)23(28)29-3/h4-12,14,24H,13H2,1-3H3. The molecular formula is C23H22N4O3. The number of rotatable bonds is 6. The van der Waals surface area contributed by atoms with Crippen molar-refractivity contribution in [3.8, 4) is 11.6 Å². The lowest BCUT2D eigenvalue weighted by Crippen LogP contribution is -2.06. The largest absolute Gasteiger partial charge is 0.465 e. The van der Waals surface area contributed by atoms with Gasteiger partial charge in [0.2, 0.25) is 5.88 Å². The monoisotopic (exact) mass is 402 g/mol. The van der Waals surface area contributed by atoms with Gasteiger partial charge in [0, 0.05) is 24.5 Å². The molecule has 0 radical (unpaired) electrons. The SMILES string of the molecule is CNc1ccc(Oc2ncc(Cn3cnc4ccccc43)cc2C)cc1C(=O)OC. The lowest BCUT2D eigenvalue weighted by atomic mass is 10.1. The fourth-order valence-electron chi connectivity index (χ4n) is 3.34. The van der Waals surface area contributed by atoms with Crippen molar-refractivity contribution in [1.82, 2.24) is 14.5 Å². The van der Waals surface area contributed by atoms with E-state index in [-0.39, 0.29) is 0 Å². The summed E-state index contributed by atoms with van der Waals surface area (Å²) in [6.45, 7) is 2.61. The number of para-hydroxylation sites is 2. The molecular weight excluding hydrogens is 380 g/mol. The third-order valence-electron chi connectivity index (χ3n) is 4.85. The first kappa shape index (κ1) is 19.4. The average molecular weight is 402 g/mol. The number of carbonyl (C=O) groups is 1. The molecule has 2 aromatic carbocycles. The van der Waals surface area contributed by atoms with Gasteiger partial charge in [-0.2, -0.15) is 0 Å². The molecule has 4 aromatic rings. The van der Waals surface area contributed by atoms with Crippen molar-refractivity contribution in [2.45, 2.75) is 13.5 Å². The maximum Gasteiger partial charge on any atom is 0.340 e. The van der Waals surface area contributed by atoms with E-state index in [1.54, 1.807) is 31.4 Å². The zero-order valence-corrected chi connectivity index (χ0v) is 17.0. The molecule has 4 rings (SSSR count). The minimum atomic E-state index is -0.433. The molecule has 7 nitrogen and oxygen atoms in total. The molecule has 0 unspecified atom stereocenters. The second kappa shape index (κ2) is 8.24. The fraction of sp³-hybridized carbons (Fsp3) is 0.174. The van der Waals surface area contributed by atoms with Crippen molar-refractivity contribution >= 4 is 22.7 Å². The third-order valence-corrected chi connectivity index (χ3v) is 4.85. The Bertz CT molecular complexity index is 1220. The topological polar surface area (TPSA) is 78.3 Å². The highest BCUT2D eigenvalue weighted by Gasteiger charge is 2.14. The quantitative estimate of drug-likeness (QED) is 0.482. The molecule has 0 saturated heterocycles.